The molecule has 1 heteroatoms. The Hall–Kier alpha value is -3.32. The van der Waals surface area contributed by atoms with Gasteiger partial charge >= 0.3 is 0 Å². The van der Waals surface area contributed by atoms with Gasteiger partial charge in [-0.2, -0.15) is 0 Å². The summed E-state index contributed by atoms with van der Waals surface area (Å²) < 4.78 is 5.58. The van der Waals surface area contributed by atoms with Crippen LogP contribution in [0.2, 0.25) is 0 Å². The van der Waals surface area contributed by atoms with Gasteiger partial charge in [0.05, 0.1) is 12.5 Å². The van der Waals surface area contributed by atoms with Crippen LogP contribution >= 0.6 is 0 Å². The molecule has 120 valence electrons. The van der Waals surface area contributed by atoms with Crippen molar-refractivity contribution in [3.8, 4) is 0 Å². The lowest BCUT2D eigenvalue weighted by Gasteiger charge is -2.02. The van der Waals surface area contributed by atoms with Gasteiger partial charge < -0.3 is 4.74 Å². The smallest absolute Gasteiger partial charge is 0.0907 e. The molecule has 4 aromatic rings. The molecule has 4 aromatic carbocycles. The maximum atomic E-state index is 5.58. The highest BCUT2D eigenvalue weighted by Crippen LogP contribution is 2.21. The first-order valence-electron chi connectivity index (χ1n) is 8.36. The SMILES string of the molecule is C(=Cc1cccc2ccccc12)OC=Cc1cccc2ccccc12. The van der Waals surface area contributed by atoms with Crippen molar-refractivity contribution in [1.29, 1.82) is 0 Å². The highest BCUT2D eigenvalue weighted by molar-refractivity contribution is 5.91. The predicted octanol–water partition coefficient (Wildman–Crippen LogP) is 6.65. The topological polar surface area (TPSA) is 9.23 Å². The van der Waals surface area contributed by atoms with E-state index in [1.165, 1.54) is 21.5 Å². The number of benzene rings is 4. The Labute approximate surface area is 147 Å². The summed E-state index contributed by atoms with van der Waals surface area (Å²) in [6, 6.07) is 29.3. The predicted molar refractivity (Wildman–Crippen MR) is 107 cm³/mol. The van der Waals surface area contributed by atoms with Crippen LogP contribution in [0.5, 0.6) is 0 Å². The summed E-state index contributed by atoms with van der Waals surface area (Å²) in [4.78, 5) is 0. The zero-order valence-corrected chi connectivity index (χ0v) is 13.8. The molecule has 0 aliphatic heterocycles. The minimum Gasteiger partial charge on any atom is -0.473 e. The van der Waals surface area contributed by atoms with Gasteiger partial charge in [0.1, 0.15) is 0 Å². The average molecular weight is 322 g/mol. The molecule has 0 radical (unpaired) electrons. The molecule has 0 spiro atoms. The summed E-state index contributed by atoms with van der Waals surface area (Å²) in [5, 5.41) is 4.91. The number of ether oxygens (including phenoxy) is 1. The van der Waals surface area contributed by atoms with Gasteiger partial charge in [0.15, 0.2) is 0 Å². The molecule has 0 aliphatic carbocycles. The fourth-order valence-corrected chi connectivity index (χ4v) is 3.06. The van der Waals surface area contributed by atoms with E-state index in [2.05, 4.69) is 84.9 Å². The third-order valence-corrected chi connectivity index (χ3v) is 4.30. The molecule has 0 atom stereocenters. The molecule has 0 unspecified atom stereocenters. The third-order valence-electron chi connectivity index (χ3n) is 4.30. The molecule has 0 aliphatic rings. The highest BCUT2D eigenvalue weighted by Gasteiger charge is 1.97. The third kappa shape index (κ3) is 3.31. The van der Waals surface area contributed by atoms with E-state index in [0.29, 0.717) is 0 Å². The van der Waals surface area contributed by atoms with E-state index >= 15 is 0 Å². The van der Waals surface area contributed by atoms with Crippen LogP contribution < -0.4 is 0 Å². The maximum absolute atomic E-state index is 5.58. The first-order valence-corrected chi connectivity index (χ1v) is 8.36. The summed E-state index contributed by atoms with van der Waals surface area (Å²) in [6.45, 7) is 0. The van der Waals surface area contributed by atoms with Crippen molar-refractivity contribution in [2.24, 2.45) is 0 Å². The first kappa shape index (κ1) is 15.2. The van der Waals surface area contributed by atoms with Gasteiger partial charge in [-0.05, 0) is 44.8 Å². The Kier molecular flexibility index (Phi) is 4.30. The molecule has 0 heterocycles. The largest absolute Gasteiger partial charge is 0.473 e. The quantitative estimate of drug-likeness (QED) is 0.382. The zero-order valence-electron chi connectivity index (χ0n) is 13.8. The number of hydrogen-bond donors (Lipinski definition) is 0. The van der Waals surface area contributed by atoms with E-state index in [1.807, 2.05) is 12.2 Å². The Balaban J connectivity index is 1.51. The Bertz CT molecular complexity index is 976. The van der Waals surface area contributed by atoms with Crippen LogP contribution in [0.3, 0.4) is 0 Å². The minimum absolute atomic E-state index is 1.15. The van der Waals surface area contributed by atoms with Crippen molar-refractivity contribution in [3.63, 3.8) is 0 Å². The van der Waals surface area contributed by atoms with Crippen LogP contribution in [0.25, 0.3) is 33.7 Å². The Morgan fingerprint density at radius 3 is 1.44 bits per heavy atom. The van der Waals surface area contributed by atoms with Crippen molar-refractivity contribution in [1.82, 2.24) is 0 Å². The van der Waals surface area contributed by atoms with Gasteiger partial charge in [0.2, 0.25) is 0 Å². The maximum Gasteiger partial charge on any atom is 0.0907 e. The standard InChI is InChI=1S/C24H18O/c1-3-13-23-19(7-1)9-5-11-21(23)15-17-25-18-16-22-12-6-10-20-8-2-4-14-24(20)22/h1-18H. The van der Waals surface area contributed by atoms with Gasteiger partial charge in [0.25, 0.3) is 0 Å². The van der Waals surface area contributed by atoms with E-state index in [1.54, 1.807) is 12.5 Å². The molecule has 0 aromatic heterocycles. The van der Waals surface area contributed by atoms with E-state index in [0.717, 1.165) is 11.1 Å². The second kappa shape index (κ2) is 7.06. The normalized spacial score (nSPS) is 11.7. The van der Waals surface area contributed by atoms with Crippen molar-refractivity contribution in [2.75, 3.05) is 0 Å². The zero-order chi connectivity index (χ0) is 16.9. The summed E-state index contributed by atoms with van der Waals surface area (Å²) in [7, 11) is 0. The Morgan fingerprint density at radius 2 is 0.920 bits per heavy atom. The molecule has 25 heavy (non-hydrogen) atoms. The van der Waals surface area contributed by atoms with Gasteiger partial charge in [-0.25, -0.2) is 0 Å². The number of rotatable bonds is 4. The first-order chi connectivity index (χ1) is 12.4. The summed E-state index contributed by atoms with van der Waals surface area (Å²) >= 11 is 0. The van der Waals surface area contributed by atoms with Gasteiger partial charge in [-0.3, -0.25) is 0 Å². The second-order valence-electron chi connectivity index (χ2n) is 5.88. The van der Waals surface area contributed by atoms with Crippen LogP contribution in [0.15, 0.2) is 97.5 Å². The summed E-state index contributed by atoms with van der Waals surface area (Å²) in [6.07, 6.45) is 7.44. The van der Waals surface area contributed by atoms with Gasteiger partial charge in [-0.1, -0.05) is 84.9 Å². The molecule has 4 rings (SSSR count). The van der Waals surface area contributed by atoms with Crippen LogP contribution in [-0.4, -0.2) is 0 Å². The average Bonchev–Trinajstić information content (AvgIpc) is 2.68. The molecule has 0 N–H and O–H groups in total. The number of fused-ring (bicyclic) bond motifs is 2. The van der Waals surface area contributed by atoms with E-state index < -0.39 is 0 Å². The van der Waals surface area contributed by atoms with E-state index in [-0.39, 0.29) is 0 Å². The summed E-state index contributed by atoms with van der Waals surface area (Å²) in [5.41, 5.74) is 2.30. The van der Waals surface area contributed by atoms with Crippen molar-refractivity contribution in [3.05, 3.63) is 109 Å². The molecule has 0 amide bonds. The van der Waals surface area contributed by atoms with Crippen LogP contribution in [0.4, 0.5) is 0 Å². The molecule has 0 saturated carbocycles. The van der Waals surface area contributed by atoms with E-state index in [4.69, 9.17) is 4.74 Å². The fraction of sp³-hybridized carbons (Fsp3) is 0. The molecule has 0 saturated heterocycles. The molecule has 1 nitrogen and oxygen atoms in total. The van der Waals surface area contributed by atoms with Crippen LogP contribution in [0.1, 0.15) is 11.1 Å². The lowest BCUT2D eigenvalue weighted by atomic mass is 10.0. The fourth-order valence-electron chi connectivity index (χ4n) is 3.06. The van der Waals surface area contributed by atoms with Crippen molar-refractivity contribution < 1.29 is 4.74 Å². The van der Waals surface area contributed by atoms with Crippen LogP contribution in [-0.2, 0) is 4.74 Å². The molecule has 0 fully saturated rings. The molecular weight excluding hydrogens is 304 g/mol. The summed E-state index contributed by atoms with van der Waals surface area (Å²) in [5.74, 6) is 0. The second-order valence-corrected chi connectivity index (χ2v) is 5.88. The monoisotopic (exact) mass is 322 g/mol. The molecule has 0 bridgehead atoms. The van der Waals surface area contributed by atoms with Crippen LogP contribution in [0, 0.1) is 0 Å². The van der Waals surface area contributed by atoms with E-state index in [9.17, 15) is 0 Å². The van der Waals surface area contributed by atoms with Crippen molar-refractivity contribution in [2.45, 2.75) is 0 Å². The Morgan fingerprint density at radius 1 is 0.480 bits per heavy atom. The lowest BCUT2D eigenvalue weighted by Crippen LogP contribution is -1.79. The minimum atomic E-state index is 1.15. The molecular formula is C24H18O. The van der Waals surface area contributed by atoms with Gasteiger partial charge in [-0.15, -0.1) is 0 Å². The van der Waals surface area contributed by atoms with Gasteiger partial charge in [0, 0.05) is 0 Å². The number of hydrogen-bond acceptors (Lipinski definition) is 1. The highest BCUT2D eigenvalue weighted by atomic mass is 16.5. The van der Waals surface area contributed by atoms with Crippen molar-refractivity contribution >= 4 is 33.7 Å². The lowest BCUT2D eigenvalue weighted by molar-refractivity contribution is 0.410.